The number of carbonyl (C=O) groups is 2. The van der Waals surface area contributed by atoms with E-state index in [2.05, 4.69) is 0 Å². The van der Waals surface area contributed by atoms with E-state index in [1.807, 2.05) is 6.92 Å². The molecule has 0 spiro atoms. The number of likely N-dealkylation sites (tertiary alicyclic amines) is 1. The molecule has 0 bridgehead atoms. The monoisotopic (exact) mass is 311 g/mol. The summed E-state index contributed by atoms with van der Waals surface area (Å²) in [5.74, 6) is -0.272. The third kappa shape index (κ3) is 3.48. The minimum atomic E-state index is -3.90. The molecular weight excluding hydrogens is 294 g/mol. The molecule has 0 aromatic heterocycles. The molecule has 21 heavy (non-hydrogen) atoms. The number of aldehydes is 1. The normalized spacial score (nSPS) is 22.3. The van der Waals surface area contributed by atoms with Crippen molar-refractivity contribution < 1.29 is 22.2 Å². The first-order valence-corrected chi connectivity index (χ1v) is 7.97. The summed E-state index contributed by atoms with van der Waals surface area (Å²) in [4.78, 5) is 23.7. The molecular formula is C14H17NO5S. The molecule has 1 fully saturated rings. The molecule has 1 aromatic rings. The summed E-state index contributed by atoms with van der Waals surface area (Å²) in [6, 6.07) is 5.68. The van der Waals surface area contributed by atoms with E-state index in [0.29, 0.717) is 6.29 Å². The van der Waals surface area contributed by atoms with Crippen LogP contribution in [0.3, 0.4) is 0 Å². The van der Waals surface area contributed by atoms with Gasteiger partial charge in [-0.25, -0.2) is 0 Å². The van der Waals surface area contributed by atoms with Gasteiger partial charge in [-0.2, -0.15) is 8.42 Å². The van der Waals surface area contributed by atoms with Crippen LogP contribution in [0, 0.1) is 6.92 Å². The standard InChI is InChI=1S/C14H17NO5S/c1-10-3-5-14(6-4-10)21(18,19)20-13-7-12(9-16)15(8-13)11(2)17/h3-6,9,12-13H,7-8H2,1-2H3/t12-,13+/m0/s1. The second-order valence-corrected chi connectivity index (χ2v) is 6.67. The van der Waals surface area contributed by atoms with Crippen molar-refractivity contribution >= 4 is 22.3 Å². The van der Waals surface area contributed by atoms with E-state index in [9.17, 15) is 18.0 Å². The van der Waals surface area contributed by atoms with E-state index >= 15 is 0 Å². The van der Waals surface area contributed by atoms with Crippen molar-refractivity contribution in [2.45, 2.75) is 37.3 Å². The van der Waals surface area contributed by atoms with E-state index in [-0.39, 0.29) is 23.8 Å². The predicted molar refractivity (Wildman–Crippen MR) is 75.1 cm³/mol. The summed E-state index contributed by atoms with van der Waals surface area (Å²) in [7, 11) is -3.90. The highest BCUT2D eigenvalue weighted by Crippen LogP contribution is 2.23. The Kier molecular flexibility index (Phi) is 4.43. The molecule has 6 nitrogen and oxygen atoms in total. The van der Waals surface area contributed by atoms with Crippen molar-refractivity contribution in [3.63, 3.8) is 0 Å². The minimum Gasteiger partial charge on any atom is -0.330 e. The molecule has 114 valence electrons. The lowest BCUT2D eigenvalue weighted by molar-refractivity contribution is -0.132. The molecule has 0 aliphatic carbocycles. The lowest BCUT2D eigenvalue weighted by Crippen LogP contribution is -2.35. The Morgan fingerprint density at radius 3 is 2.43 bits per heavy atom. The summed E-state index contributed by atoms with van der Waals surface area (Å²) >= 11 is 0. The molecule has 0 saturated carbocycles. The van der Waals surface area contributed by atoms with Crippen molar-refractivity contribution in [3.05, 3.63) is 29.8 Å². The Morgan fingerprint density at radius 1 is 1.33 bits per heavy atom. The maximum Gasteiger partial charge on any atom is 0.297 e. The number of rotatable bonds is 4. The highest BCUT2D eigenvalue weighted by Gasteiger charge is 2.36. The Labute approximate surface area is 123 Å². The number of hydrogen-bond donors (Lipinski definition) is 0. The van der Waals surface area contributed by atoms with Crippen LogP contribution in [-0.2, 0) is 23.9 Å². The quantitative estimate of drug-likeness (QED) is 0.609. The Morgan fingerprint density at radius 2 is 1.95 bits per heavy atom. The molecule has 0 unspecified atom stereocenters. The van der Waals surface area contributed by atoms with Crippen molar-refractivity contribution in [1.29, 1.82) is 0 Å². The van der Waals surface area contributed by atoms with Crippen LogP contribution in [0.15, 0.2) is 29.2 Å². The topological polar surface area (TPSA) is 80.8 Å². The summed E-state index contributed by atoms with van der Waals surface area (Å²) in [6.45, 7) is 3.30. The third-order valence-electron chi connectivity index (χ3n) is 3.44. The van der Waals surface area contributed by atoms with Gasteiger partial charge in [0.1, 0.15) is 6.29 Å². The van der Waals surface area contributed by atoms with Gasteiger partial charge in [0, 0.05) is 19.9 Å². The Balaban J connectivity index is 2.13. The van der Waals surface area contributed by atoms with Gasteiger partial charge in [-0.3, -0.25) is 8.98 Å². The molecule has 0 N–H and O–H groups in total. The zero-order valence-electron chi connectivity index (χ0n) is 11.9. The van der Waals surface area contributed by atoms with Gasteiger partial charge in [-0.15, -0.1) is 0 Å². The average molecular weight is 311 g/mol. The first kappa shape index (κ1) is 15.7. The molecule has 1 heterocycles. The van der Waals surface area contributed by atoms with Crippen molar-refractivity contribution in [2.75, 3.05) is 6.54 Å². The van der Waals surface area contributed by atoms with Gasteiger partial charge in [0.25, 0.3) is 10.1 Å². The molecule has 7 heteroatoms. The summed E-state index contributed by atoms with van der Waals surface area (Å²) < 4.78 is 29.5. The first-order valence-electron chi connectivity index (χ1n) is 6.56. The van der Waals surface area contributed by atoms with Crippen LogP contribution in [-0.4, -0.2) is 44.2 Å². The fourth-order valence-electron chi connectivity index (χ4n) is 2.33. The Hall–Kier alpha value is -1.73. The predicted octanol–water partition coefficient (Wildman–Crippen LogP) is 0.889. The molecule has 1 aliphatic rings. The maximum atomic E-state index is 12.2. The fourth-order valence-corrected chi connectivity index (χ4v) is 3.40. The lowest BCUT2D eigenvalue weighted by atomic mass is 10.2. The van der Waals surface area contributed by atoms with E-state index in [4.69, 9.17) is 4.18 Å². The minimum absolute atomic E-state index is 0.0667. The molecule has 1 aliphatic heterocycles. The number of benzene rings is 1. The van der Waals surface area contributed by atoms with Gasteiger partial charge in [0.2, 0.25) is 5.91 Å². The van der Waals surface area contributed by atoms with Crippen molar-refractivity contribution in [3.8, 4) is 0 Å². The maximum absolute atomic E-state index is 12.2. The van der Waals surface area contributed by atoms with E-state index in [0.717, 1.165) is 5.56 Å². The SMILES string of the molecule is CC(=O)N1C[C@H](OS(=O)(=O)c2ccc(C)cc2)C[C@H]1C=O. The van der Waals surface area contributed by atoms with Crippen LogP contribution in [0.5, 0.6) is 0 Å². The fraction of sp³-hybridized carbons (Fsp3) is 0.429. The van der Waals surface area contributed by atoms with Crippen LogP contribution in [0.1, 0.15) is 18.9 Å². The summed E-state index contributed by atoms with van der Waals surface area (Å²) in [6.07, 6.45) is 0.132. The highest BCUT2D eigenvalue weighted by molar-refractivity contribution is 7.86. The summed E-state index contributed by atoms with van der Waals surface area (Å²) in [5, 5.41) is 0. The number of carbonyl (C=O) groups excluding carboxylic acids is 2. The lowest BCUT2D eigenvalue weighted by Gasteiger charge is -2.17. The van der Waals surface area contributed by atoms with Crippen LogP contribution in [0.4, 0.5) is 0 Å². The Bertz CT molecular complexity index is 638. The van der Waals surface area contributed by atoms with Crippen molar-refractivity contribution in [2.24, 2.45) is 0 Å². The van der Waals surface area contributed by atoms with Gasteiger partial charge in [0.05, 0.1) is 17.0 Å². The van der Waals surface area contributed by atoms with Gasteiger partial charge in [-0.1, -0.05) is 17.7 Å². The van der Waals surface area contributed by atoms with Gasteiger partial charge >= 0.3 is 0 Å². The zero-order valence-corrected chi connectivity index (χ0v) is 12.7. The average Bonchev–Trinajstić information content (AvgIpc) is 2.81. The molecule has 2 atom stereocenters. The number of nitrogens with zero attached hydrogens (tertiary/aromatic N) is 1. The molecule has 1 saturated heterocycles. The molecule has 1 aromatic carbocycles. The van der Waals surface area contributed by atoms with Gasteiger partial charge in [0.15, 0.2) is 0 Å². The van der Waals surface area contributed by atoms with Crippen molar-refractivity contribution in [1.82, 2.24) is 4.90 Å². The number of hydrogen-bond acceptors (Lipinski definition) is 5. The summed E-state index contributed by atoms with van der Waals surface area (Å²) in [5.41, 5.74) is 0.943. The second-order valence-electron chi connectivity index (χ2n) is 5.10. The molecule has 0 radical (unpaired) electrons. The van der Waals surface area contributed by atoms with E-state index < -0.39 is 22.3 Å². The van der Waals surface area contributed by atoms with Gasteiger partial charge < -0.3 is 9.69 Å². The van der Waals surface area contributed by atoms with Crippen LogP contribution < -0.4 is 0 Å². The number of aryl methyl sites for hydroxylation is 1. The molecule has 1 amide bonds. The zero-order chi connectivity index (χ0) is 15.6. The largest absolute Gasteiger partial charge is 0.330 e. The van der Waals surface area contributed by atoms with E-state index in [1.165, 1.54) is 24.0 Å². The second kappa shape index (κ2) is 5.95. The van der Waals surface area contributed by atoms with Gasteiger partial charge in [-0.05, 0) is 19.1 Å². The third-order valence-corrected chi connectivity index (χ3v) is 4.81. The van der Waals surface area contributed by atoms with Crippen LogP contribution in [0.25, 0.3) is 0 Å². The van der Waals surface area contributed by atoms with E-state index in [1.54, 1.807) is 12.1 Å². The smallest absolute Gasteiger partial charge is 0.297 e. The highest BCUT2D eigenvalue weighted by atomic mass is 32.2. The van der Waals surface area contributed by atoms with Crippen LogP contribution >= 0.6 is 0 Å². The molecule has 2 rings (SSSR count). The first-order chi connectivity index (χ1) is 9.83. The number of amides is 1. The van der Waals surface area contributed by atoms with Crippen LogP contribution in [0.2, 0.25) is 0 Å².